The van der Waals surface area contributed by atoms with Gasteiger partial charge in [-0.2, -0.15) is 5.26 Å². The van der Waals surface area contributed by atoms with E-state index in [2.05, 4.69) is 21.2 Å². The van der Waals surface area contributed by atoms with Crippen molar-refractivity contribution < 1.29 is 13.9 Å². The first-order valence-corrected chi connectivity index (χ1v) is 6.83. The highest BCUT2D eigenvalue weighted by Crippen LogP contribution is 2.16. The third-order valence-corrected chi connectivity index (χ3v) is 2.78. The predicted octanol–water partition coefficient (Wildman–Crippen LogP) is 3.55. The van der Waals surface area contributed by atoms with Gasteiger partial charge in [0.05, 0.1) is 6.07 Å². The lowest BCUT2D eigenvalue weighted by Crippen LogP contribution is -2.39. The van der Waals surface area contributed by atoms with Gasteiger partial charge >= 0.3 is 6.09 Å². The summed E-state index contributed by atoms with van der Waals surface area (Å²) >= 11 is 3.16. The molecular formula is C14H16BrFN2O2. The summed E-state index contributed by atoms with van der Waals surface area (Å²) in [6.45, 7) is 5.17. The van der Waals surface area contributed by atoms with Crippen molar-refractivity contribution in [1.29, 1.82) is 5.26 Å². The molecule has 0 unspecified atom stereocenters. The molecule has 0 radical (unpaired) electrons. The minimum Gasteiger partial charge on any atom is -0.444 e. The Labute approximate surface area is 126 Å². The first-order valence-electron chi connectivity index (χ1n) is 6.04. The quantitative estimate of drug-likeness (QED) is 0.913. The summed E-state index contributed by atoms with van der Waals surface area (Å²) in [6, 6.07) is 5.64. The number of nitrogens with zero attached hydrogens (tertiary/aromatic N) is 1. The van der Waals surface area contributed by atoms with Crippen LogP contribution >= 0.6 is 15.9 Å². The molecule has 108 valence electrons. The number of nitriles is 1. The summed E-state index contributed by atoms with van der Waals surface area (Å²) in [5.41, 5.74) is -0.289. The number of rotatable bonds is 3. The number of carbonyl (C=O) groups is 1. The highest BCUT2D eigenvalue weighted by Gasteiger charge is 2.20. The van der Waals surface area contributed by atoms with E-state index in [4.69, 9.17) is 10.00 Å². The number of benzene rings is 1. The zero-order valence-electron chi connectivity index (χ0n) is 11.5. The van der Waals surface area contributed by atoms with Crippen LogP contribution < -0.4 is 5.32 Å². The molecule has 0 aliphatic carbocycles. The molecule has 4 nitrogen and oxygen atoms in total. The van der Waals surface area contributed by atoms with Crippen LogP contribution in [0.4, 0.5) is 9.18 Å². The third-order valence-electron chi connectivity index (χ3n) is 2.29. The summed E-state index contributed by atoms with van der Waals surface area (Å²) in [7, 11) is 0. The van der Waals surface area contributed by atoms with Crippen molar-refractivity contribution >= 4 is 22.0 Å². The zero-order valence-corrected chi connectivity index (χ0v) is 13.1. The molecule has 0 bridgehead atoms. The van der Waals surface area contributed by atoms with Crippen molar-refractivity contribution in [3.05, 3.63) is 34.1 Å². The van der Waals surface area contributed by atoms with Gasteiger partial charge in [0.1, 0.15) is 17.5 Å². The number of nitrogens with one attached hydrogen (secondary N) is 1. The van der Waals surface area contributed by atoms with Crippen LogP contribution in [0.5, 0.6) is 0 Å². The van der Waals surface area contributed by atoms with Gasteiger partial charge in [0.25, 0.3) is 0 Å². The first kappa shape index (κ1) is 16.4. The molecule has 1 amide bonds. The van der Waals surface area contributed by atoms with Crippen molar-refractivity contribution in [2.75, 3.05) is 0 Å². The van der Waals surface area contributed by atoms with E-state index in [0.717, 1.165) is 0 Å². The second-order valence-corrected chi connectivity index (χ2v) is 6.18. The zero-order chi connectivity index (χ0) is 15.3. The van der Waals surface area contributed by atoms with Gasteiger partial charge in [-0.25, -0.2) is 9.18 Å². The molecular weight excluding hydrogens is 327 g/mol. The number of hydrogen-bond donors (Lipinski definition) is 1. The Kier molecular flexibility index (Phi) is 5.52. The van der Waals surface area contributed by atoms with Crippen LogP contribution in [0, 0.1) is 17.1 Å². The van der Waals surface area contributed by atoms with E-state index in [-0.39, 0.29) is 6.42 Å². The Bertz CT molecular complexity index is 535. The lowest BCUT2D eigenvalue weighted by Gasteiger charge is -2.21. The molecule has 0 aromatic heterocycles. The SMILES string of the molecule is CC(C)(C)OC(=O)N[C@H](C#N)Cc1ccc(Br)cc1F. The van der Waals surface area contributed by atoms with Gasteiger partial charge < -0.3 is 10.1 Å². The fraction of sp³-hybridized carbons (Fsp3) is 0.429. The van der Waals surface area contributed by atoms with Crippen LogP contribution in [0.3, 0.4) is 0 Å². The highest BCUT2D eigenvalue weighted by atomic mass is 79.9. The molecule has 1 atom stereocenters. The molecule has 20 heavy (non-hydrogen) atoms. The molecule has 0 saturated heterocycles. The van der Waals surface area contributed by atoms with Crippen molar-refractivity contribution in [1.82, 2.24) is 5.32 Å². The van der Waals surface area contributed by atoms with E-state index < -0.39 is 23.6 Å². The maximum atomic E-state index is 13.7. The summed E-state index contributed by atoms with van der Waals surface area (Å²) in [5.74, 6) is -0.425. The van der Waals surface area contributed by atoms with Crippen molar-refractivity contribution in [3.63, 3.8) is 0 Å². The molecule has 0 spiro atoms. The van der Waals surface area contributed by atoms with E-state index in [9.17, 15) is 9.18 Å². The normalized spacial score (nSPS) is 12.4. The number of hydrogen-bond acceptors (Lipinski definition) is 3. The van der Waals surface area contributed by atoms with Crippen LogP contribution in [-0.2, 0) is 11.2 Å². The predicted molar refractivity (Wildman–Crippen MR) is 76.6 cm³/mol. The van der Waals surface area contributed by atoms with Gasteiger partial charge in [-0.05, 0) is 38.5 Å². The standard InChI is InChI=1S/C14H16BrFN2O2/c1-14(2,3)20-13(19)18-11(8-17)6-9-4-5-10(15)7-12(9)16/h4-5,7,11H,6H2,1-3H3,(H,18,19)/t11-/m0/s1. The molecule has 0 fully saturated rings. The van der Waals surface area contributed by atoms with E-state index in [1.54, 1.807) is 32.9 Å². The number of carbonyl (C=O) groups excluding carboxylic acids is 1. The molecule has 1 aromatic carbocycles. The molecule has 1 rings (SSSR count). The second-order valence-electron chi connectivity index (χ2n) is 5.27. The fourth-order valence-corrected chi connectivity index (χ4v) is 1.82. The Morgan fingerprint density at radius 1 is 1.55 bits per heavy atom. The van der Waals surface area contributed by atoms with Crippen LogP contribution in [0.1, 0.15) is 26.3 Å². The number of alkyl carbamates (subject to hydrolysis) is 1. The lowest BCUT2D eigenvalue weighted by molar-refractivity contribution is 0.0515. The molecule has 0 saturated carbocycles. The van der Waals surface area contributed by atoms with Gasteiger partial charge in [-0.1, -0.05) is 22.0 Å². The smallest absolute Gasteiger partial charge is 0.408 e. The molecule has 1 aromatic rings. The van der Waals surface area contributed by atoms with Gasteiger partial charge in [-0.3, -0.25) is 0 Å². The van der Waals surface area contributed by atoms with Gasteiger partial charge in [0, 0.05) is 10.9 Å². The number of amides is 1. The van der Waals surface area contributed by atoms with Crippen molar-refractivity contribution in [2.24, 2.45) is 0 Å². The third kappa shape index (κ3) is 5.57. The van der Waals surface area contributed by atoms with Crippen molar-refractivity contribution in [2.45, 2.75) is 38.8 Å². The van der Waals surface area contributed by atoms with E-state index in [0.29, 0.717) is 10.0 Å². The summed E-state index contributed by atoms with van der Waals surface area (Å²) in [6.07, 6.45) is -0.615. The summed E-state index contributed by atoms with van der Waals surface area (Å²) < 4.78 is 19.3. The van der Waals surface area contributed by atoms with E-state index >= 15 is 0 Å². The van der Waals surface area contributed by atoms with Crippen LogP contribution in [-0.4, -0.2) is 17.7 Å². The first-order chi connectivity index (χ1) is 9.21. The average Bonchev–Trinajstić information content (AvgIpc) is 2.29. The van der Waals surface area contributed by atoms with Gasteiger partial charge in [0.2, 0.25) is 0 Å². The summed E-state index contributed by atoms with van der Waals surface area (Å²) in [4.78, 5) is 11.6. The van der Waals surface area contributed by atoms with Crippen LogP contribution in [0.2, 0.25) is 0 Å². The number of ether oxygens (including phenoxy) is 1. The minimum absolute atomic E-state index is 0.0782. The topological polar surface area (TPSA) is 62.1 Å². The lowest BCUT2D eigenvalue weighted by atomic mass is 10.1. The number of halogens is 2. The van der Waals surface area contributed by atoms with Crippen LogP contribution in [0.25, 0.3) is 0 Å². The molecule has 1 N–H and O–H groups in total. The second kappa shape index (κ2) is 6.71. The Balaban J connectivity index is 2.69. The maximum Gasteiger partial charge on any atom is 0.408 e. The van der Waals surface area contributed by atoms with E-state index in [1.807, 2.05) is 6.07 Å². The Morgan fingerprint density at radius 3 is 2.70 bits per heavy atom. The average molecular weight is 343 g/mol. The fourth-order valence-electron chi connectivity index (χ4n) is 1.49. The van der Waals surface area contributed by atoms with E-state index in [1.165, 1.54) is 6.07 Å². The molecule has 6 heteroatoms. The van der Waals surface area contributed by atoms with Gasteiger partial charge in [-0.15, -0.1) is 0 Å². The molecule has 0 aliphatic rings. The summed E-state index contributed by atoms with van der Waals surface area (Å²) in [5, 5.41) is 11.4. The monoisotopic (exact) mass is 342 g/mol. The Morgan fingerprint density at radius 2 is 2.20 bits per heavy atom. The largest absolute Gasteiger partial charge is 0.444 e. The molecule has 0 aliphatic heterocycles. The van der Waals surface area contributed by atoms with Gasteiger partial charge in [0.15, 0.2) is 0 Å². The van der Waals surface area contributed by atoms with Crippen LogP contribution in [0.15, 0.2) is 22.7 Å². The minimum atomic E-state index is -0.847. The molecule has 0 heterocycles. The van der Waals surface area contributed by atoms with Crippen molar-refractivity contribution in [3.8, 4) is 6.07 Å². The maximum absolute atomic E-state index is 13.7. The highest BCUT2D eigenvalue weighted by molar-refractivity contribution is 9.10. The Hall–Kier alpha value is -1.61.